The summed E-state index contributed by atoms with van der Waals surface area (Å²) >= 11 is 0.794. The summed E-state index contributed by atoms with van der Waals surface area (Å²) in [6.45, 7) is 0. The summed E-state index contributed by atoms with van der Waals surface area (Å²) in [6.07, 6.45) is 0. The largest absolute Gasteiger partial charge is 0.478 e. The molecule has 3 N–H and O–H groups in total. The summed E-state index contributed by atoms with van der Waals surface area (Å²) in [7, 11) is 0. The van der Waals surface area contributed by atoms with Gasteiger partial charge in [-0.2, -0.15) is 4.39 Å². The van der Waals surface area contributed by atoms with E-state index < -0.39 is 11.1 Å². The van der Waals surface area contributed by atoms with Gasteiger partial charge in [0.2, 0.25) is 0 Å². The molecule has 0 saturated carbocycles. The average Bonchev–Trinajstić information content (AvgIpc) is 2.39. The molecule has 0 spiro atoms. The minimum absolute atomic E-state index is 0.273. The number of hydrogen-bond acceptors (Lipinski definition) is 3. The average molecular weight is 211 g/mol. The molecule has 0 atom stereocenters. The van der Waals surface area contributed by atoms with Gasteiger partial charge in [-0.25, -0.2) is 4.79 Å². The summed E-state index contributed by atoms with van der Waals surface area (Å²) < 4.78 is 13.7. The molecule has 0 aliphatic rings. The monoisotopic (exact) mass is 211 g/mol. The first-order valence-corrected chi connectivity index (χ1v) is 4.62. The van der Waals surface area contributed by atoms with E-state index in [2.05, 4.69) is 0 Å². The van der Waals surface area contributed by atoms with Crippen molar-refractivity contribution in [3.63, 3.8) is 0 Å². The molecule has 0 aliphatic heterocycles. The van der Waals surface area contributed by atoms with Crippen LogP contribution in [0.4, 0.5) is 10.1 Å². The van der Waals surface area contributed by atoms with Crippen molar-refractivity contribution in [2.24, 2.45) is 0 Å². The van der Waals surface area contributed by atoms with Gasteiger partial charge in [0.25, 0.3) is 0 Å². The molecule has 5 heteroatoms. The maximum atomic E-state index is 13.2. The van der Waals surface area contributed by atoms with Crippen LogP contribution < -0.4 is 5.73 Å². The molecule has 0 unspecified atom stereocenters. The molecule has 1 heterocycles. The highest BCUT2D eigenvalue weighted by Gasteiger charge is 2.17. The Hall–Kier alpha value is -1.62. The second-order valence-electron chi connectivity index (χ2n) is 2.81. The van der Waals surface area contributed by atoms with Crippen molar-refractivity contribution in [2.75, 3.05) is 5.73 Å². The highest BCUT2D eigenvalue weighted by Crippen LogP contribution is 2.31. The summed E-state index contributed by atoms with van der Waals surface area (Å²) in [6, 6.07) is 4.64. The van der Waals surface area contributed by atoms with Gasteiger partial charge >= 0.3 is 5.97 Å². The Kier molecular flexibility index (Phi) is 1.89. The summed E-state index contributed by atoms with van der Waals surface area (Å²) in [5, 5.41) is 8.47. The van der Waals surface area contributed by atoms with Crippen LogP contribution in [-0.2, 0) is 0 Å². The Morgan fingerprint density at radius 3 is 2.86 bits per heavy atom. The molecular formula is C9H6FNO2S. The third-order valence-corrected chi connectivity index (χ3v) is 2.83. The summed E-state index contributed by atoms with van der Waals surface area (Å²) in [5.74, 6) is -1.25. The molecule has 0 fully saturated rings. The van der Waals surface area contributed by atoms with Crippen molar-refractivity contribution in [3.8, 4) is 0 Å². The molecule has 14 heavy (non-hydrogen) atoms. The lowest BCUT2D eigenvalue weighted by atomic mass is 10.1. The second-order valence-corrected chi connectivity index (χ2v) is 3.81. The normalized spacial score (nSPS) is 10.6. The number of aromatic carboxylic acids is 1. The molecule has 3 nitrogen and oxygen atoms in total. The first kappa shape index (κ1) is 8.96. The highest BCUT2D eigenvalue weighted by atomic mass is 32.1. The fourth-order valence-electron chi connectivity index (χ4n) is 1.28. The van der Waals surface area contributed by atoms with Crippen LogP contribution in [0.3, 0.4) is 0 Å². The molecule has 1 aromatic carbocycles. The van der Waals surface area contributed by atoms with E-state index in [1.807, 2.05) is 0 Å². The van der Waals surface area contributed by atoms with Gasteiger partial charge in [0.1, 0.15) is 5.56 Å². The number of benzene rings is 1. The number of nitrogens with two attached hydrogens (primary N) is 1. The van der Waals surface area contributed by atoms with Crippen LogP contribution in [0, 0.1) is 5.13 Å². The third kappa shape index (κ3) is 1.22. The topological polar surface area (TPSA) is 63.3 Å². The summed E-state index contributed by atoms with van der Waals surface area (Å²) in [5.41, 5.74) is 5.72. The van der Waals surface area contributed by atoms with Crippen LogP contribution >= 0.6 is 11.3 Å². The van der Waals surface area contributed by atoms with Crippen molar-refractivity contribution in [2.45, 2.75) is 0 Å². The molecule has 72 valence electrons. The van der Waals surface area contributed by atoms with E-state index in [-0.39, 0.29) is 5.56 Å². The van der Waals surface area contributed by atoms with Gasteiger partial charge in [-0.3, -0.25) is 0 Å². The molecule has 0 aliphatic carbocycles. The zero-order chi connectivity index (χ0) is 10.3. The van der Waals surface area contributed by atoms with E-state index in [0.29, 0.717) is 15.8 Å². The maximum absolute atomic E-state index is 13.2. The van der Waals surface area contributed by atoms with Crippen LogP contribution in [0.25, 0.3) is 10.1 Å². The lowest BCUT2D eigenvalue weighted by Crippen LogP contribution is -1.96. The predicted molar refractivity (Wildman–Crippen MR) is 53.2 cm³/mol. The number of carbonyl (C=O) groups is 1. The SMILES string of the molecule is Nc1ccc2c(C(=O)O)c(F)sc2c1. The molecule has 1 aromatic heterocycles. The predicted octanol–water partition coefficient (Wildman–Crippen LogP) is 2.32. The number of nitrogen functional groups attached to an aromatic ring is 1. The Morgan fingerprint density at radius 1 is 1.50 bits per heavy atom. The van der Waals surface area contributed by atoms with Gasteiger partial charge < -0.3 is 10.8 Å². The van der Waals surface area contributed by atoms with Crippen LogP contribution in [0.15, 0.2) is 18.2 Å². The molecule has 2 rings (SSSR count). The number of carboxylic acids is 1. The van der Waals surface area contributed by atoms with Gasteiger partial charge in [-0.15, -0.1) is 11.3 Å². The Labute approximate surface area is 82.6 Å². The number of halogens is 1. The molecular weight excluding hydrogens is 205 g/mol. The smallest absolute Gasteiger partial charge is 0.340 e. The van der Waals surface area contributed by atoms with Crippen LogP contribution in [0.2, 0.25) is 0 Å². The first-order chi connectivity index (χ1) is 6.59. The zero-order valence-electron chi connectivity index (χ0n) is 6.95. The van der Waals surface area contributed by atoms with Crippen molar-refractivity contribution in [1.82, 2.24) is 0 Å². The fourth-order valence-corrected chi connectivity index (χ4v) is 2.25. The molecule has 0 radical (unpaired) electrons. The molecule has 0 amide bonds. The fraction of sp³-hybridized carbons (Fsp3) is 0. The lowest BCUT2D eigenvalue weighted by Gasteiger charge is -1.93. The number of fused-ring (bicyclic) bond motifs is 1. The minimum Gasteiger partial charge on any atom is -0.478 e. The highest BCUT2D eigenvalue weighted by molar-refractivity contribution is 7.18. The zero-order valence-corrected chi connectivity index (χ0v) is 7.77. The van der Waals surface area contributed by atoms with Crippen LogP contribution in [0.1, 0.15) is 10.4 Å². The maximum Gasteiger partial charge on any atom is 0.340 e. The third-order valence-electron chi connectivity index (χ3n) is 1.88. The van der Waals surface area contributed by atoms with Gasteiger partial charge in [-0.1, -0.05) is 6.07 Å². The minimum atomic E-state index is -1.25. The van der Waals surface area contributed by atoms with Gasteiger partial charge in [0.15, 0.2) is 5.13 Å². The van der Waals surface area contributed by atoms with Crippen molar-refractivity contribution >= 4 is 33.1 Å². The van der Waals surface area contributed by atoms with Crippen LogP contribution in [0.5, 0.6) is 0 Å². The van der Waals surface area contributed by atoms with Gasteiger partial charge in [0.05, 0.1) is 0 Å². The van der Waals surface area contributed by atoms with E-state index in [4.69, 9.17) is 10.8 Å². The van der Waals surface area contributed by atoms with E-state index in [1.54, 1.807) is 12.1 Å². The Bertz CT molecular complexity index is 521. The van der Waals surface area contributed by atoms with Crippen molar-refractivity contribution < 1.29 is 14.3 Å². The van der Waals surface area contributed by atoms with E-state index in [1.165, 1.54) is 6.07 Å². The van der Waals surface area contributed by atoms with Gasteiger partial charge in [0, 0.05) is 15.8 Å². The van der Waals surface area contributed by atoms with Crippen molar-refractivity contribution in [3.05, 3.63) is 28.9 Å². The van der Waals surface area contributed by atoms with E-state index in [0.717, 1.165) is 11.3 Å². The quantitative estimate of drug-likeness (QED) is 0.711. The standard InChI is InChI=1S/C9H6FNO2S/c10-8-7(9(12)13)5-2-1-4(11)3-6(5)14-8/h1-3H,11H2,(H,12,13). The number of hydrogen-bond donors (Lipinski definition) is 2. The first-order valence-electron chi connectivity index (χ1n) is 3.80. The number of rotatable bonds is 1. The second kappa shape index (κ2) is 2.95. The number of anilines is 1. The van der Waals surface area contributed by atoms with Gasteiger partial charge in [-0.05, 0) is 12.1 Å². The van der Waals surface area contributed by atoms with Crippen molar-refractivity contribution in [1.29, 1.82) is 0 Å². The number of thiophene rings is 1. The molecule has 0 bridgehead atoms. The van der Waals surface area contributed by atoms with Crippen LogP contribution in [-0.4, -0.2) is 11.1 Å². The van der Waals surface area contributed by atoms with E-state index >= 15 is 0 Å². The molecule has 2 aromatic rings. The van der Waals surface area contributed by atoms with E-state index in [9.17, 15) is 9.18 Å². The summed E-state index contributed by atoms with van der Waals surface area (Å²) in [4.78, 5) is 10.7. The number of carboxylic acid groups (broad SMARTS) is 1. The Morgan fingerprint density at radius 2 is 2.21 bits per heavy atom. The lowest BCUT2D eigenvalue weighted by molar-refractivity contribution is 0.0695. The molecule has 0 saturated heterocycles. The Balaban J connectivity index is 2.84.